The van der Waals surface area contributed by atoms with Gasteiger partial charge < -0.3 is 4.74 Å². The van der Waals surface area contributed by atoms with Gasteiger partial charge in [0, 0.05) is 11.8 Å². The first-order valence-electron chi connectivity index (χ1n) is 9.30. The first-order valence-corrected chi connectivity index (χ1v) is 9.74. The average molecular weight is 381 g/mol. The Bertz CT molecular complexity index is 847. The van der Waals surface area contributed by atoms with E-state index in [1.807, 2.05) is 31.2 Å². The topological polar surface area (TPSA) is 26.3 Å². The molecular formula is C24H25ClO2. The summed E-state index contributed by atoms with van der Waals surface area (Å²) in [4.78, 5) is 13.0. The van der Waals surface area contributed by atoms with E-state index < -0.39 is 0 Å². The number of halogens is 1. The number of rotatable bonds is 6. The van der Waals surface area contributed by atoms with Gasteiger partial charge in [-0.1, -0.05) is 65.7 Å². The van der Waals surface area contributed by atoms with Crippen LogP contribution < -0.4 is 0 Å². The number of ether oxygens (including phenoxy) is 1. The number of allylic oxidation sites excluding steroid dienone is 3. The Morgan fingerprint density at radius 3 is 2.30 bits per heavy atom. The molecule has 3 heteroatoms. The molecule has 1 aliphatic rings. The summed E-state index contributed by atoms with van der Waals surface area (Å²) < 4.78 is 5.89. The second-order valence-corrected chi connectivity index (χ2v) is 7.80. The van der Waals surface area contributed by atoms with E-state index in [0.29, 0.717) is 25.0 Å². The van der Waals surface area contributed by atoms with Gasteiger partial charge in [-0.15, -0.1) is 18.2 Å². The van der Waals surface area contributed by atoms with Gasteiger partial charge in [0.2, 0.25) is 0 Å². The predicted molar refractivity (Wildman–Crippen MR) is 112 cm³/mol. The van der Waals surface area contributed by atoms with E-state index in [2.05, 4.69) is 37.8 Å². The number of carbonyl (C=O) groups excluding carboxylic acids is 1. The van der Waals surface area contributed by atoms with Crippen LogP contribution in [-0.4, -0.2) is 11.3 Å². The summed E-state index contributed by atoms with van der Waals surface area (Å²) in [6.45, 7) is 7.88. The Morgan fingerprint density at radius 1 is 1.11 bits per heavy atom. The van der Waals surface area contributed by atoms with Gasteiger partial charge in [-0.3, -0.25) is 4.79 Å². The number of esters is 1. The molecule has 27 heavy (non-hydrogen) atoms. The lowest BCUT2D eigenvalue weighted by Crippen LogP contribution is -2.16. The highest BCUT2D eigenvalue weighted by Crippen LogP contribution is 2.38. The van der Waals surface area contributed by atoms with Crippen molar-refractivity contribution in [1.82, 2.24) is 0 Å². The molecule has 0 radical (unpaired) electrons. The summed E-state index contributed by atoms with van der Waals surface area (Å²) in [7, 11) is 0. The van der Waals surface area contributed by atoms with E-state index in [9.17, 15) is 4.79 Å². The number of alkyl halides is 1. The molecule has 0 spiro atoms. The standard InChI is InChI=1S/C24H25ClO2/c1-4-5-21(18-10-6-16(2)7-11-18)24(26)27-23-15-20(25)14-22(23)19-12-8-17(3)9-13-19/h4,6-13,20-21H,1,5,14-15H2,2-3H3. The summed E-state index contributed by atoms with van der Waals surface area (Å²) in [5.41, 5.74) is 5.41. The highest BCUT2D eigenvalue weighted by atomic mass is 35.5. The SMILES string of the molecule is C=CCC(C(=O)OC1=C(c2ccc(C)cc2)CC(Cl)C1)c1ccc(C)cc1. The van der Waals surface area contributed by atoms with Crippen LogP contribution in [0.25, 0.3) is 5.57 Å². The van der Waals surface area contributed by atoms with E-state index in [1.54, 1.807) is 6.08 Å². The molecule has 2 atom stereocenters. The largest absolute Gasteiger partial charge is 0.430 e. The predicted octanol–water partition coefficient (Wildman–Crippen LogP) is 6.32. The van der Waals surface area contributed by atoms with Crippen molar-refractivity contribution in [2.45, 2.75) is 44.4 Å². The van der Waals surface area contributed by atoms with Crippen molar-refractivity contribution in [2.75, 3.05) is 0 Å². The second-order valence-electron chi connectivity index (χ2n) is 7.18. The Morgan fingerprint density at radius 2 is 1.70 bits per heavy atom. The third kappa shape index (κ3) is 4.70. The van der Waals surface area contributed by atoms with E-state index in [-0.39, 0.29) is 17.3 Å². The van der Waals surface area contributed by atoms with Crippen LogP contribution >= 0.6 is 11.6 Å². The zero-order valence-electron chi connectivity index (χ0n) is 15.9. The minimum Gasteiger partial charge on any atom is -0.430 e. The quantitative estimate of drug-likeness (QED) is 0.333. The first-order chi connectivity index (χ1) is 13.0. The lowest BCUT2D eigenvalue weighted by Gasteiger charge is -2.16. The molecule has 3 rings (SSSR count). The number of carbonyl (C=O) groups is 1. The van der Waals surface area contributed by atoms with Crippen LogP contribution in [0.3, 0.4) is 0 Å². The molecule has 0 saturated carbocycles. The molecule has 140 valence electrons. The molecule has 0 bridgehead atoms. The second kappa shape index (κ2) is 8.58. The average Bonchev–Trinajstić information content (AvgIpc) is 3.01. The van der Waals surface area contributed by atoms with Gasteiger partial charge in [0.1, 0.15) is 5.76 Å². The number of aryl methyl sites for hydroxylation is 2. The number of hydrogen-bond donors (Lipinski definition) is 0. The molecule has 0 aromatic heterocycles. The lowest BCUT2D eigenvalue weighted by molar-refractivity contribution is -0.141. The molecule has 0 aliphatic heterocycles. The molecule has 0 fully saturated rings. The normalized spacial score (nSPS) is 17.7. The molecule has 0 saturated heterocycles. The Hall–Kier alpha value is -2.32. The van der Waals surface area contributed by atoms with Crippen molar-refractivity contribution in [3.63, 3.8) is 0 Å². The summed E-state index contributed by atoms with van der Waals surface area (Å²) >= 11 is 6.39. The van der Waals surface area contributed by atoms with E-state index in [4.69, 9.17) is 16.3 Å². The van der Waals surface area contributed by atoms with E-state index in [1.165, 1.54) is 5.56 Å². The third-order valence-corrected chi connectivity index (χ3v) is 5.27. The van der Waals surface area contributed by atoms with Crippen molar-refractivity contribution >= 4 is 23.1 Å². The molecular weight excluding hydrogens is 356 g/mol. The molecule has 0 N–H and O–H groups in total. The van der Waals surface area contributed by atoms with Crippen LogP contribution in [0.4, 0.5) is 0 Å². The Labute approximate surface area is 166 Å². The van der Waals surface area contributed by atoms with Gasteiger partial charge >= 0.3 is 5.97 Å². The Kier molecular flexibility index (Phi) is 6.18. The molecule has 0 heterocycles. The summed E-state index contributed by atoms with van der Waals surface area (Å²) in [6, 6.07) is 16.3. The van der Waals surface area contributed by atoms with Crippen molar-refractivity contribution in [2.24, 2.45) is 0 Å². The molecule has 2 nitrogen and oxygen atoms in total. The highest BCUT2D eigenvalue weighted by molar-refractivity contribution is 6.22. The maximum Gasteiger partial charge on any atom is 0.318 e. The minimum absolute atomic E-state index is 0.0404. The van der Waals surface area contributed by atoms with Crippen molar-refractivity contribution in [1.29, 1.82) is 0 Å². The van der Waals surface area contributed by atoms with Gasteiger partial charge in [-0.05, 0) is 43.4 Å². The lowest BCUT2D eigenvalue weighted by atomic mass is 9.95. The molecule has 0 amide bonds. The highest BCUT2D eigenvalue weighted by Gasteiger charge is 2.29. The molecule has 2 aromatic rings. The van der Waals surface area contributed by atoms with Crippen molar-refractivity contribution in [3.8, 4) is 0 Å². The van der Waals surface area contributed by atoms with E-state index >= 15 is 0 Å². The third-order valence-electron chi connectivity index (χ3n) is 4.96. The smallest absolute Gasteiger partial charge is 0.318 e. The van der Waals surface area contributed by atoms with Crippen molar-refractivity contribution < 1.29 is 9.53 Å². The fraction of sp³-hybridized carbons (Fsp3) is 0.292. The van der Waals surface area contributed by atoms with Gasteiger partial charge in [0.25, 0.3) is 0 Å². The van der Waals surface area contributed by atoms with Gasteiger partial charge in [0.15, 0.2) is 0 Å². The fourth-order valence-corrected chi connectivity index (χ4v) is 3.69. The van der Waals surface area contributed by atoms with Gasteiger partial charge in [-0.2, -0.15) is 0 Å². The minimum atomic E-state index is -0.357. The van der Waals surface area contributed by atoms with Crippen LogP contribution in [0.15, 0.2) is 66.9 Å². The maximum absolute atomic E-state index is 13.0. The van der Waals surface area contributed by atoms with Crippen LogP contribution in [-0.2, 0) is 9.53 Å². The zero-order chi connectivity index (χ0) is 19.4. The van der Waals surface area contributed by atoms with Crippen LogP contribution in [0.5, 0.6) is 0 Å². The number of hydrogen-bond acceptors (Lipinski definition) is 2. The van der Waals surface area contributed by atoms with Gasteiger partial charge in [-0.25, -0.2) is 0 Å². The van der Waals surface area contributed by atoms with Crippen LogP contribution in [0.1, 0.15) is 47.4 Å². The van der Waals surface area contributed by atoms with Crippen molar-refractivity contribution in [3.05, 3.63) is 89.2 Å². The maximum atomic E-state index is 13.0. The van der Waals surface area contributed by atoms with Crippen LogP contribution in [0.2, 0.25) is 0 Å². The molecule has 1 aliphatic carbocycles. The summed E-state index contributed by atoms with van der Waals surface area (Å²) in [5.74, 6) is 0.0957. The molecule has 2 unspecified atom stereocenters. The fourth-order valence-electron chi connectivity index (χ4n) is 3.40. The zero-order valence-corrected chi connectivity index (χ0v) is 16.6. The summed E-state index contributed by atoms with van der Waals surface area (Å²) in [6.07, 6.45) is 3.59. The monoisotopic (exact) mass is 380 g/mol. The van der Waals surface area contributed by atoms with Gasteiger partial charge in [0.05, 0.1) is 5.92 Å². The van der Waals surface area contributed by atoms with Crippen LogP contribution in [0, 0.1) is 13.8 Å². The summed E-state index contributed by atoms with van der Waals surface area (Å²) in [5, 5.41) is -0.0404. The molecule has 2 aromatic carbocycles. The first kappa shape index (κ1) is 19.4. The Balaban J connectivity index is 1.86. The number of benzene rings is 2. The van der Waals surface area contributed by atoms with E-state index in [0.717, 1.165) is 22.3 Å².